The Hall–Kier alpha value is -3.06. The SMILES string of the molecule is CCOc1ccccc1NC(=O)C(=O)NC[C@H](c1ccc(N(C)C)cc1)[NH+]1CCCC1. The summed E-state index contributed by atoms with van der Waals surface area (Å²) in [4.78, 5) is 28.5. The van der Waals surface area contributed by atoms with E-state index in [-0.39, 0.29) is 6.04 Å². The number of benzene rings is 2. The van der Waals surface area contributed by atoms with Crippen molar-refractivity contribution in [3.63, 3.8) is 0 Å². The lowest BCUT2D eigenvalue weighted by Gasteiger charge is -2.25. The highest BCUT2D eigenvalue weighted by Crippen LogP contribution is 2.23. The van der Waals surface area contributed by atoms with E-state index >= 15 is 0 Å². The topological polar surface area (TPSA) is 75.1 Å². The van der Waals surface area contributed by atoms with Crippen molar-refractivity contribution in [2.45, 2.75) is 25.8 Å². The van der Waals surface area contributed by atoms with E-state index in [1.165, 1.54) is 23.3 Å². The summed E-state index contributed by atoms with van der Waals surface area (Å²) in [5.41, 5.74) is 2.80. The van der Waals surface area contributed by atoms with E-state index in [1.807, 2.05) is 27.1 Å². The number of carbonyl (C=O) groups is 2. The summed E-state index contributed by atoms with van der Waals surface area (Å²) in [6.07, 6.45) is 2.37. The zero-order chi connectivity index (χ0) is 22.2. The molecule has 1 heterocycles. The normalized spacial score (nSPS) is 14.7. The minimum absolute atomic E-state index is 0.117. The molecule has 2 aromatic carbocycles. The van der Waals surface area contributed by atoms with Gasteiger partial charge < -0.3 is 25.2 Å². The van der Waals surface area contributed by atoms with Gasteiger partial charge in [0.25, 0.3) is 0 Å². The second kappa shape index (κ2) is 10.8. The molecule has 0 aromatic heterocycles. The maximum Gasteiger partial charge on any atom is 0.313 e. The van der Waals surface area contributed by atoms with E-state index in [9.17, 15) is 9.59 Å². The summed E-state index contributed by atoms with van der Waals surface area (Å²) in [5.74, 6) is -0.781. The molecule has 0 bridgehead atoms. The molecule has 1 aliphatic heterocycles. The standard InChI is InChI=1S/C24H32N4O3/c1-4-31-22-10-6-5-9-20(22)26-24(30)23(29)25-17-21(28-15-7-8-16-28)18-11-13-19(14-12-18)27(2)3/h5-6,9-14,21H,4,7-8,15-17H2,1-3H3,(H,25,29)(H,26,30)/p+1/t21-/m1/s1. The van der Waals surface area contributed by atoms with Gasteiger partial charge in [-0.15, -0.1) is 0 Å². The minimum Gasteiger partial charge on any atom is -0.492 e. The van der Waals surface area contributed by atoms with E-state index in [2.05, 4.69) is 39.8 Å². The van der Waals surface area contributed by atoms with Crippen LogP contribution >= 0.6 is 0 Å². The molecule has 2 aromatic rings. The quantitative estimate of drug-likeness (QED) is 0.562. The minimum atomic E-state index is -0.690. The molecule has 7 nitrogen and oxygen atoms in total. The molecule has 31 heavy (non-hydrogen) atoms. The van der Waals surface area contributed by atoms with E-state index in [4.69, 9.17) is 4.74 Å². The molecule has 0 spiro atoms. The zero-order valence-electron chi connectivity index (χ0n) is 18.6. The molecule has 3 rings (SSSR count). The van der Waals surface area contributed by atoms with Gasteiger partial charge in [-0.2, -0.15) is 0 Å². The Morgan fingerprint density at radius 3 is 2.35 bits per heavy atom. The number of ether oxygens (including phenoxy) is 1. The van der Waals surface area contributed by atoms with Gasteiger partial charge >= 0.3 is 11.8 Å². The van der Waals surface area contributed by atoms with Crippen molar-refractivity contribution in [3.05, 3.63) is 54.1 Å². The molecule has 1 saturated heterocycles. The van der Waals surface area contributed by atoms with Crippen LogP contribution in [0.5, 0.6) is 5.75 Å². The van der Waals surface area contributed by atoms with Crippen LogP contribution < -0.4 is 25.2 Å². The van der Waals surface area contributed by atoms with Crippen LogP contribution in [-0.4, -0.2) is 52.2 Å². The monoisotopic (exact) mass is 425 g/mol. The lowest BCUT2D eigenvalue weighted by molar-refractivity contribution is -0.918. The van der Waals surface area contributed by atoms with E-state index in [1.54, 1.807) is 18.2 Å². The number of carbonyl (C=O) groups excluding carboxylic acids is 2. The van der Waals surface area contributed by atoms with Crippen LogP contribution in [-0.2, 0) is 9.59 Å². The van der Waals surface area contributed by atoms with Gasteiger partial charge in [0.05, 0.1) is 31.9 Å². The molecule has 3 N–H and O–H groups in total. The number of likely N-dealkylation sites (tertiary alicyclic amines) is 1. The number of quaternary nitrogens is 1. The second-order valence-corrected chi connectivity index (χ2v) is 8.00. The van der Waals surface area contributed by atoms with Crippen LogP contribution in [0.25, 0.3) is 0 Å². The predicted octanol–water partition coefficient (Wildman–Crippen LogP) is 1.63. The molecule has 0 saturated carbocycles. The van der Waals surface area contributed by atoms with E-state index < -0.39 is 11.8 Å². The lowest BCUT2D eigenvalue weighted by Crippen LogP contribution is -3.11. The highest BCUT2D eigenvalue weighted by atomic mass is 16.5. The number of rotatable bonds is 8. The fraction of sp³-hybridized carbons (Fsp3) is 0.417. The Bertz CT molecular complexity index is 877. The van der Waals surface area contributed by atoms with E-state index in [0.717, 1.165) is 18.8 Å². The van der Waals surface area contributed by atoms with Gasteiger partial charge in [0.1, 0.15) is 11.8 Å². The Balaban J connectivity index is 1.65. The Morgan fingerprint density at radius 1 is 1.03 bits per heavy atom. The smallest absolute Gasteiger partial charge is 0.313 e. The van der Waals surface area contributed by atoms with Crippen LogP contribution in [0.3, 0.4) is 0 Å². The first-order chi connectivity index (χ1) is 15.0. The van der Waals surface area contributed by atoms with Crippen LogP contribution in [0, 0.1) is 0 Å². The maximum absolute atomic E-state index is 12.5. The average molecular weight is 426 g/mol. The largest absolute Gasteiger partial charge is 0.492 e. The Kier molecular flexibility index (Phi) is 7.89. The molecule has 1 atom stereocenters. The zero-order valence-corrected chi connectivity index (χ0v) is 18.6. The van der Waals surface area contributed by atoms with Crippen molar-refractivity contribution in [3.8, 4) is 5.75 Å². The summed E-state index contributed by atoms with van der Waals surface area (Å²) in [6.45, 7) is 4.91. The molecular formula is C24H33N4O3+. The van der Waals surface area contributed by atoms with Gasteiger partial charge in [-0.1, -0.05) is 24.3 Å². The number of hydrogen-bond donors (Lipinski definition) is 3. The third-order valence-electron chi connectivity index (χ3n) is 5.66. The summed E-state index contributed by atoms with van der Waals surface area (Å²) in [6, 6.07) is 15.7. The van der Waals surface area contributed by atoms with Crippen molar-refractivity contribution in [2.75, 3.05) is 50.6 Å². The summed E-state index contributed by atoms with van der Waals surface area (Å²) in [5, 5.41) is 5.50. The molecule has 7 heteroatoms. The number of anilines is 2. The number of para-hydroxylation sites is 2. The second-order valence-electron chi connectivity index (χ2n) is 8.00. The first-order valence-corrected chi connectivity index (χ1v) is 10.9. The number of hydrogen-bond acceptors (Lipinski definition) is 4. The first kappa shape index (κ1) is 22.6. The van der Waals surface area contributed by atoms with Gasteiger partial charge in [0.15, 0.2) is 0 Å². The van der Waals surface area contributed by atoms with Gasteiger partial charge in [-0.3, -0.25) is 9.59 Å². The van der Waals surface area contributed by atoms with Crippen LogP contribution in [0.2, 0.25) is 0 Å². The summed E-state index contributed by atoms with van der Waals surface area (Å²) in [7, 11) is 4.03. The molecule has 1 fully saturated rings. The number of amides is 2. The van der Waals surface area contributed by atoms with Crippen LogP contribution in [0.1, 0.15) is 31.4 Å². The first-order valence-electron chi connectivity index (χ1n) is 10.9. The van der Waals surface area contributed by atoms with Crippen molar-refractivity contribution in [1.29, 1.82) is 0 Å². The predicted molar refractivity (Wildman–Crippen MR) is 123 cm³/mol. The van der Waals surface area contributed by atoms with Crippen molar-refractivity contribution in [1.82, 2.24) is 5.32 Å². The number of nitrogens with one attached hydrogen (secondary N) is 3. The maximum atomic E-state index is 12.5. The summed E-state index contributed by atoms with van der Waals surface area (Å²) >= 11 is 0. The van der Waals surface area contributed by atoms with E-state index in [0.29, 0.717) is 24.6 Å². The van der Waals surface area contributed by atoms with Gasteiger partial charge in [0, 0.05) is 38.2 Å². The lowest BCUT2D eigenvalue weighted by atomic mass is 10.0. The fourth-order valence-electron chi connectivity index (χ4n) is 3.99. The molecule has 0 aliphatic carbocycles. The molecular weight excluding hydrogens is 392 g/mol. The summed E-state index contributed by atoms with van der Waals surface area (Å²) < 4.78 is 5.51. The molecule has 0 unspecified atom stereocenters. The fourth-order valence-corrected chi connectivity index (χ4v) is 3.99. The highest BCUT2D eigenvalue weighted by molar-refractivity contribution is 6.39. The number of nitrogens with zero attached hydrogens (tertiary/aromatic N) is 1. The molecule has 1 aliphatic rings. The van der Waals surface area contributed by atoms with Gasteiger partial charge in [-0.05, 0) is 31.2 Å². The molecule has 0 radical (unpaired) electrons. The highest BCUT2D eigenvalue weighted by Gasteiger charge is 2.28. The van der Waals surface area contributed by atoms with Crippen LogP contribution in [0.4, 0.5) is 11.4 Å². The third-order valence-corrected chi connectivity index (χ3v) is 5.66. The average Bonchev–Trinajstić information content (AvgIpc) is 3.30. The van der Waals surface area contributed by atoms with Crippen molar-refractivity contribution >= 4 is 23.2 Å². The van der Waals surface area contributed by atoms with Crippen molar-refractivity contribution < 1.29 is 19.2 Å². The van der Waals surface area contributed by atoms with Crippen LogP contribution in [0.15, 0.2) is 48.5 Å². The third kappa shape index (κ3) is 5.98. The molecule has 2 amide bonds. The Labute approximate surface area is 184 Å². The Morgan fingerprint density at radius 2 is 1.71 bits per heavy atom. The van der Waals surface area contributed by atoms with Crippen molar-refractivity contribution in [2.24, 2.45) is 0 Å². The molecule has 166 valence electrons. The van der Waals surface area contributed by atoms with Gasteiger partial charge in [0.2, 0.25) is 0 Å². The van der Waals surface area contributed by atoms with Gasteiger partial charge in [-0.25, -0.2) is 0 Å².